The smallest absolute Gasteiger partial charge is 0.139 e. The van der Waals surface area contributed by atoms with Gasteiger partial charge in [0.05, 0.1) is 16.5 Å². The molecule has 2 rings (SSSR count). The number of halogens is 4. The van der Waals surface area contributed by atoms with Crippen molar-refractivity contribution in [2.45, 2.75) is 11.8 Å². The van der Waals surface area contributed by atoms with Gasteiger partial charge >= 0.3 is 0 Å². The zero-order valence-corrected chi connectivity index (χ0v) is 15.4. The van der Waals surface area contributed by atoms with Gasteiger partial charge in [-0.1, -0.05) is 67.2 Å². The van der Waals surface area contributed by atoms with Gasteiger partial charge in [-0.05, 0) is 36.2 Å². The summed E-state index contributed by atoms with van der Waals surface area (Å²) < 4.78 is 6.47. The largest absolute Gasteiger partial charge is 0.492 e. The minimum atomic E-state index is -0.0173. The fourth-order valence-corrected chi connectivity index (χ4v) is 3.39. The van der Waals surface area contributed by atoms with Crippen molar-refractivity contribution in [2.24, 2.45) is 0 Å². The van der Waals surface area contributed by atoms with E-state index in [0.717, 1.165) is 15.6 Å². The summed E-state index contributed by atoms with van der Waals surface area (Å²) in [6, 6.07) is 11.7. The second-order valence-corrected chi connectivity index (χ2v) is 6.80. The maximum atomic E-state index is 6.34. The lowest BCUT2D eigenvalue weighted by atomic mass is 10.0. The van der Waals surface area contributed by atoms with Crippen LogP contribution in [0.15, 0.2) is 40.9 Å². The lowest BCUT2D eigenvalue weighted by molar-refractivity contribution is 0.340. The van der Waals surface area contributed by atoms with Crippen molar-refractivity contribution in [3.8, 4) is 5.75 Å². The number of rotatable bonds is 4. The first kappa shape index (κ1) is 16.2. The molecule has 0 saturated carbocycles. The zero-order chi connectivity index (χ0) is 14.7. The molecule has 0 fully saturated rings. The Hall–Kier alpha value is -0.220. The Morgan fingerprint density at radius 3 is 2.35 bits per heavy atom. The van der Waals surface area contributed by atoms with Crippen molar-refractivity contribution < 1.29 is 4.74 Å². The number of hydrogen-bond donors (Lipinski definition) is 0. The van der Waals surface area contributed by atoms with E-state index in [-0.39, 0.29) is 4.83 Å². The third-order valence-electron chi connectivity index (χ3n) is 2.79. The van der Waals surface area contributed by atoms with E-state index in [9.17, 15) is 0 Å². The molecule has 2 aromatic carbocycles. The van der Waals surface area contributed by atoms with Crippen LogP contribution in [0.25, 0.3) is 0 Å². The van der Waals surface area contributed by atoms with E-state index in [2.05, 4.69) is 31.9 Å². The zero-order valence-electron chi connectivity index (χ0n) is 10.7. The van der Waals surface area contributed by atoms with Crippen LogP contribution in [0.4, 0.5) is 0 Å². The quantitative estimate of drug-likeness (QED) is 0.486. The van der Waals surface area contributed by atoms with Crippen molar-refractivity contribution in [1.82, 2.24) is 0 Å². The van der Waals surface area contributed by atoms with Crippen molar-refractivity contribution in [3.63, 3.8) is 0 Å². The van der Waals surface area contributed by atoms with Gasteiger partial charge in [-0.25, -0.2) is 0 Å². The fraction of sp³-hybridized carbons (Fsp3) is 0.200. The highest BCUT2D eigenvalue weighted by atomic mass is 79.9. The summed E-state index contributed by atoms with van der Waals surface area (Å²) in [5.74, 6) is 0.610. The van der Waals surface area contributed by atoms with Gasteiger partial charge in [0, 0.05) is 15.6 Å². The second kappa shape index (κ2) is 7.17. The van der Waals surface area contributed by atoms with Gasteiger partial charge in [-0.3, -0.25) is 0 Å². The van der Waals surface area contributed by atoms with Crippen LogP contribution in [0.2, 0.25) is 10.0 Å². The van der Waals surface area contributed by atoms with Gasteiger partial charge in [-0.2, -0.15) is 0 Å². The molecule has 1 atom stereocenters. The molecule has 0 aliphatic rings. The van der Waals surface area contributed by atoms with Crippen LogP contribution in [-0.4, -0.2) is 6.61 Å². The van der Waals surface area contributed by atoms with E-state index in [1.54, 1.807) is 6.07 Å². The summed E-state index contributed by atoms with van der Waals surface area (Å²) in [4.78, 5) is -0.0173. The number of alkyl halides is 1. The first-order valence-electron chi connectivity index (χ1n) is 6.04. The Labute approximate surface area is 145 Å². The van der Waals surface area contributed by atoms with E-state index in [0.29, 0.717) is 22.4 Å². The molecule has 0 aliphatic carbocycles. The molecule has 106 valence electrons. The first-order chi connectivity index (χ1) is 9.52. The molecule has 0 saturated heterocycles. The first-order valence-corrected chi connectivity index (χ1v) is 8.50. The molecule has 0 radical (unpaired) electrons. The standard InChI is InChI=1S/C15H12Br2Cl2O/c1-2-20-14-8-12(18)11(7-13(14)19)15(17)9-3-5-10(16)6-4-9/h3-8,15H,2H2,1H3. The molecule has 0 spiro atoms. The molecule has 1 unspecified atom stereocenters. The van der Waals surface area contributed by atoms with E-state index >= 15 is 0 Å². The van der Waals surface area contributed by atoms with E-state index in [4.69, 9.17) is 27.9 Å². The Morgan fingerprint density at radius 1 is 1.10 bits per heavy atom. The summed E-state index contributed by atoms with van der Waals surface area (Å²) in [6.45, 7) is 2.47. The lowest BCUT2D eigenvalue weighted by Gasteiger charge is -2.15. The Kier molecular flexibility index (Phi) is 5.79. The average Bonchev–Trinajstić information content (AvgIpc) is 2.43. The molecule has 20 heavy (non-hydrogen) atoms. The van der Waals surface area contributed by atoms with Crippen LogP contribution in [0.1, 0.15) is 22.9 Å². The van der Waals surface area contributed by atoms with Crippen LogP contribution >= 0.6 is 55.1 Å². The number of hydrogen-bond acceptors (Lipinski definition) is 1. The molecule has 0 heterocycles. The molecular formula is C15H12Br2Cl2O. The summed E-state index contributed by atoms with van der Waals surface area (Å²) in [6.07, 6.45) is 0. The summed E-state index contributed by atoms with van der Waals surface area (Å²) in [7, 11) is 0. The molecule has 0 amide bonds. The normalized spacial score (nSPS) is 12.2. The van der Waals surface area contributed by atoms with Crippen LogP contribution in [0.3, 0.4) is 0 Å². The molecule has 2 aromatic rings. The second-order valence-electron chi connectivity index (χ2n) is 4.15. The summed E-state index contributed by atoms with van der Waals surface area (Å²) in [5, 5.41) is 1.19. The molecule has 5 heteroatoms. The van der Waals surface area contributed by atoms with Crippen molar-refractivity contribution >= 4 is 55.1 Å². The van der Waals surface area contributed by atoms with Gasteiger partial charge in [-0.15, -0.1) is 0 Å². The maximum absolute atomic E-state index is 6.34. The molecule has 0 aromatic heterocycles. The van der Waals surface area contributed by atoms with Crippen molar-refractivity contribution in [1.29, 1.82) is 0 Å². The molecular weight excluding hydrogens is 427 g/mol. The Morgan fingerprint density at radius 2 is 1.75 bits per heavy atom. The molecule has 0 aliphatic heterocycles. The molecule has 0 bridgehead atoms. The van der Waals surface area contributed by atoms with E-state index < -0.39 is 0 Å². The average molecular weight is 439 g/mol. The SMILES string of the molecule is CCOc1cc(Cl)c(C(Br)c2ccc(Br)cc2)cc1Cl. The highest BCUT2D eigenvalue weighted by Gasteiger charge is 2.17. The lowest BCUT2D eigenvalue weighted by Crippen LogP contribution is -1.97. The topological polar surface area (TPSA) is 9.23 Å². The highest BCUT2D eigenvalue weighted by molar-refractivity contribution is 9.10. The van der Waals surface area contributed by atoms with E-state index in [1.165, 1.54) is 0 Å². The monoisotopic (exact) mass is 436 g/mol. The Bertz CT molecular complexity index is 600. The van der Waals surface area contributed by atoms with Crippen LogP contribution in [-0.2, 0) is 0 Å². The van der Waals surface area contributed by atoms with Gasteiger partial charge in [0.25, 0.3) is 0 Å². The maximum Gasteiger partial charge on any atom is 0.139 e. The highest BCUT2D eigenvalue weighted by Crippen LogP contribution is 2.40. The van der Waals surface area contributed by atoms with Crippen LogP contribution < -0.4 is 4.74 Å². The number of benzene rings is 2. The predicted octanol–water partition coefficient (Wildman–Crippen LogP) is 6.64. The third-order valence-corrected chi connectivity index (χ3v) is 4.96. The van der Waals surface area contributed by atoms with Crippen LogP contribution in [0.5, 0.6) is 5.75 Å². The van der Waals surface area contributed by atoms with Gasteiger partial charge in [0.15, 0.2) is 0 Å². The third kappa shape index (κ3) is 3.70. The van der Waals surface area contributed by atoms with Gasteiger partial charge in [0.1, 0.15) is 5.75 Å². The Balaban J connectivity index is 2.37. The van der Waals surface area contributed by atoms with Crippen molar-refractivity contribution in [2.75, 3.05) is 6.61 Å². The fourth-order valence-electron chi connectivity index (χ4n) is 1.82. The molecule has 0 N–H and O–H groups in total. The van der Waals surface area contributed by atoms with Crippen LogP contribution in [0, 0.1) is 0 Å². The summed E-state index contributed by atoms with van der Waals surface area (Å²) in [5.41, 5.74) is 2.03. The minimum Gasteiger partial charge on any atom is -0.492 e. The van der Waals surface area contributed by atoms with E-state index in [1.807, 2.05) is 37.3 Å². The van der Waals surface area contributed by atoms with Crippen molar-refractivity contribution in [3.05, 3.63) is 62.0 Å². The van der Waals surface area contributed by atoms with Gasteiger partial charge < -0.3 is 4.74 Å². The predicted molar refractivity (Wildman–Crippen MR) is 92.5 cm³/mol. The minimum absolute atomic E-state index is 0.0173. The molecule has 1 nitrogen and oxygen atoms in total. The summed E-state index contributed by atoms with van der Waals surface area (Å²) >= 11 is 19.7. The number of ether oxygens (including phenoxy) is 1. The van der Waals surface area contributed by atoms with Gasteiger partial charge in [0.2, 0.25) is 0 Å².